The summed E-state index contributed by atoms with van der Waals surface area (Å²) in [6.45, 7) is 6.29. The molecule has 0 unspecified atom stereocenters. The quantitative estimate of drug-likeness (QED) is 0.434. The van der Waals surface area contributed by atoms with Crippen molar-refractivity contribution < 1.29 is 8.78 Å². The molecule has 0 heterocycles. The van der Waals surface area contributed by atoms with E-state index in [9.17, 15) is 8.78 Å². The minimum absolute atomic E-state index is 0.428. The highest BCUT2D eigenvalue weighted by molar-refractivity contribution is 5.22. The van der Waals surface area contributed by atoms with E-state index in [2.05, 4.69) is 6.92 Å². The molecule has 0 aliphatic heterocycles. The van der Waals surface area contributed by atoms with Gasteiger partial charge < -0.3 is 0 Å². The molecule has 0 aromatic heterocycles. The number of rotatable bonds is 6. The fourth-order valence-corrected chi connectivity index (χ4v) is 5.32. The van der Waals surface area contributed by atoms with Crippen LogP contribution < -0.4 is 0 Å². The molecule has 0 N–H and O–H groups in total. The summed E-state index contributed by atoms with van der Waals surface area (Å²) in [5.41, 5.74) is 0.997. The van der Waals surface area contributed by atoms with Crippen LogP contribution in [-0.2, 0) is 0 Å². The van der Waals surface area contributed by atoms with E-state index < -0.39 is 11.6 Å². The second kappa shape index (κ2) is 11.8. The summed E-state index contributed by atoms with van der Waals surface area (Å²) >= 11 is 0. The number of unbranched alkanes of at least 4 members (excludes halogenated alkanes) is 2. The zero-order chi connectivity index (χ0) is 19.6. The van der Waals surface area contributed by atoms with Gasteiger partial charge in [0.15, 0.2) is 11.6 Å². The molecule has 0 saturated heterocycles. The molecule has 0 nitrogen and oxygen atoms in total. The Labute approximate surface area is 166 Å². The average Bonchev–Trinajstić information content (AvgIpc) is 2.72. The highest BCUT2D eigenvalue weighted by Crippen LogP contribution is 2.44. The first-order valence-corrected chi connectivity index (χ1v) is 11.6. The highest BCUT2D eigenvalue weighted by Gasteiger charge is 2.31. The molecule has 2 aliphatic rings. The first kappa shape index (κ1) is 22.4. The van der Waals surface area contributed by atoms with Gasteiger partial charge in [-0.3, -0.25) is 0 Å². The molecule has 0 atom stereocenters. The molecular weight excluding hydrogens is 338 g/mol. The van der Waals surface area contributed by atoms with E-state index >= 15 is 0 Å². The molecule has 3 rings (SSSR count). The van der Waals surface area contributed by atoms with Crippen LogP contribution in [0, 0.1) is 29.4 Å². The summed E-state index contributed by atoms with van der Waals surface area (Å²) < 4.78 is 26.6. The van der Waals surface area contributed by atoms with Gasteiger partial charge in [-0.05, 0) is 79.9 Å². The van der Waals surface area contributed by atoms with Crippen molar-refractivity contribution in [1.29, 1.82) is 0 Å². The van der Waals surface area contributed by atoms with Crippen molar-refractivity contribution in [3.63, 3.8) is 0 Å². The van der Waals surface area contributed by atoms with E-state index in [4.69, 9.17) is 0 Å². The lowest BCUT2D eigenvalue weighted by molar-refractivity contribution is 0.155. The molecule has 2 aliphatic carbocycles. The predicted octanol–water partition coefficient (Wildman–Crippen LogP) is 8.65. The lowest BCUT2D eigenvalue weighted by Gasteiger charge is -2.38. The number of hydrogen-bond donors (Lipinski definition) is 0. The van der Waals surface area contributed by atoms with Crippen LogP contribution in [0.25, 0.3) is 0 Å². The van der Waals surface area contributed by atoms with Gasteiger partial charge in [0.25, 0.3) is 0 Å². The first-order valence-electron chi connectivity index (χ1n) is 11.6. The minimum atomic E-state index is -0.729. The summed E-state index contributed by atoms with van der Waals surface area (Å²) in [7, 11) is 0. The lowest BCUT2D eigenvalue weighted by Crippen LogP contribution is -2.25. The molecular formula is C25H40F2. The summed E-state index contributed by atoms with van der Waals surface area (Å²) in [5.74, 6) is 1.79. The molecule has 27 heavy (non-hydrogen) atoms. The fourth-order valence-electron chi connectivity index (χ4n) is 5.32. The van der Waals surface area contributed by atoms with Crippen molar-refractivity contribution >= 4 is 0 Å². The Balaban J connectivity index is 0.00000126. The first-order chi connectivity index (χ1) is 13.2. The van der Waals surface area contributed by atoms with Crippen LogP contribution in [0.4, 0.5) is 8.78 Å². The smallest absolute Gasteiger partial charge is 0.159 e. The van der Waals surface area contributed by atoms with E-state index in [0.717, 1.165) is 36.2 Å². The maximum Gasteiger partial charge on any atom is 0.159 e. The lowest BCUT2D eigenvalue weighted by atomic mass is 9.68. The van der Waals surface area contributed by atoms with Crippen LogP contribution in [0.3, 0.4) is 0 Å². The maximum atomic E-state index is 13.5. The van der Waals surface area contributed by atoms with Crippen LogP contribution in [0.1, 0.15) is 109 Å². The van der Waals surface area contributed by atoms with Crippen molar-refractivity contribution in [2.24, 2.45) is 17.8 Å². The van der Waals surface area contributed by atoms with Gasteiger partial charge in [-0.15, -0.1) is 0 Å². The second-order valence-electron chi connectivity index (χ2n) is 8.56. The van der Waals surface area contributed by atoms with Crippen LogP contribution in [0.15, 0.2) is 18.2 Å². The topological polar surface area (TPSA) is 0 Å². The largest absolute Gasteiger partial charge is 0.204 e. The Kier molecular flexibility index (Phi) is 9.79. The maximum absolute atomic E-state index is 13.5. The highest BCUT2D eigenvalue weighted by atomic mass is 19.2. The van der Waals surface area contributed by atoms with Crippen molar-refractivity contribution in [2.75, 3.05) is 0 Å². The Morgan fingerprint density at radius 2 is 1.37 bits per heavy atom. The van der Waals surface area contributed by atoms with Gasteiger partial charge in [0.1, 0.15) is 0 Å². The van der Waals surface area contributed by atoms with Crippen molar-refractivity contribution in [2.45, 2.75) is 104 Å². The van der Waals surface area contributed by atoms with E-state index in [1.807, 2.05) is 13.8 Å². The van der Waals surface area contributed by atoms with Crippen LogP contribution in [0.5, 0.6) is 0 Å². The van der Waals surface area contributed by atoms with Gasteiger partial charge >= 0.3 is 0 Å². The van der Waals surface area contributed by atoms with Gasteiger partial charge in [0.05, 0.1) is 0 Å². The van der Waals surface area contributed by atoms with Crippen LogP contribution in [-0.4, -0.2) is 0 Å². The molecule has 2 fully saturated rings. The van der Waals surface area contributed by atoms with Crippen molar-refractivity contribution in [1.82, 2.24) is 0 Å². The minimum Gasteiger partial charge on any atom is -0.204 e. The van der Waals surface area contributed by atoms with Gasteiger partial charge in [-0.1, -0.05) is 65.4 Å². The van der Waals surface area contributed by atoms with E-state index in [-0.39, 0.29) is 0 Å². The standard InChI is InChI=1S/C23H34F2.C2H6/c1-2-3-4-5-17-6-8-18(9-7-17)19-10-12-20(13-11-19)21-14-15-22(24)23(25)16-21;1-2/h14-20H,2-13H2,1H3;1-2H3. The van der Waals surface area contributed by atoms with Gasteiger partial charge in [-0.25, -0.2) is 8.78 Å². The Morgan fingerprint density at radius 3 is 1.93 bits per heavy atom. The fraction of sp³-hybridized carbons (Fsp3) is 0.760. The summed E-state index contributed by atoms with van der Waals surface area (Å²) in [4.78, 5) is 0. The van der Waals surface area contributed by atoms with E-state index in [1.165, 1.54) is 76.3 Å². The zero-order valence-corrected chi connectivity index (χ0v) is 17.8. The monoisotopic (exact) mass is 378 g/mol. The van der Waals surface area contributed by atoms with Crippen LogP contribution in [0.2, 0.25) is 0 Å². The molecule has 154 valence electrons. The van der Waals surface area contributed by atoms with Crippen molar-refractivity contribution in [3.8, 4) is 0 Å². The molecule has 2 saturated carbocycles. The summed E-state index contributed by atoms with van der Waals surface area (Å²) in [5, 5.41) is 0. The third-order valence-corrected chi connectivity index (χ3v) is 6.96. The molecule has 0 bridgehead atoms. The second-order valence-corrected chi connectivity index (χ2v) is 8.56. The van der Waals surface area contributed by atoms with Gasteiger partial charge in [0, 0.05) is 0 Å². The third kappa shape index (κ3) is 6.57. The molecule has 1 aromatic rings. The van der Waals surface area contributed by atoms with Crippen LogP contribution >= 0.6 is 0 Å². The van der Waals surface area contributed by atoms with E-state index in [1.54, 1.807) is 6.07 Å². The Hall–Kier alpha value is -0.920. The van der Waals surface area contributed by atoms with Gasteiger partial charge in [-0.2, -0.15) is 0 Å². The predicted molar refractivity (Wildman–Crippen MR) is 112 cm³/mol. The van der Waals surface area contributed by atoms with E-state index in [0.29, 0.717) is 5.92 Å². The summed E-state index contributed by atoms with van der Waals surface area (Å²) in [6.07, 6.45) is 16.2. The Morgan fingerprint density at radius 1 is 0.778 bits per heavy atom. The SMILES string of the molecule is CC.CCCCCC1CCC(C2CCC(c3ccc(F)c(F)c3)CC2)CC1. The number of benzene rings is 1. The number of hydrogen-bond acceptors (Lipinski definition) is 0. The Bertz CT molecular complexity index is 523. The normalized spacial score (nSPS) is 28.3. The molecule has 2 heteroatoms. The van der Waals surface area contributed by atoms with Crippen molar-refractivity contribution in [3.05, 3.63) is 35.4 Å². The molecule has 1 aromatic carbocycles. The zero-order valence-electron chi connectivity index (χ0n) is 17.8. The number of halogens is 2. The molecule has 0 spiro atoms. The molecule has 0 amide bonds. The molecule has 0 radical (unpaired) electrons. The average molecular weight is 379 g/mol. The summed E-state index contributed by atoms with van der Waals surface area (Å²) in [6, 6.07) is 4.49. The third-order valence-electron chi connectivity index (χ3n) is 6.96. The van der Waals surface area contributed by atoms with Gasteiger partial charge in [0.2, 0.25) is 0 Å².